The van der Waals surface area contributed by atoms with Gasteiger partial charge >= 0.3 is 8.80 Å². The third kappa shape index (κ3) is 6.17. The maximum absolute atomic E-state index is 5.56. The van der Waals surface area contributed by atoms with Crippen molar-refractivity contribution in [2.24, 2.45) is 5.73 Å². The molecule has 80 valence electrons. The Kier molecular flexibility index (Phi) is 7.49. The van der Waals surface area contributed by atoms with E-state index < -0.39 is 8.80 Å². The average Bonchev–Trinajstić information content (AvgIpc) is 2.13. The minimum atomic E-state index is -2.31. The average molecular weight is 207 g/mol. The molecule has 0 amide bonds. The van der Waals surface area contributed by atoms with E-state index in [9.17, 15) is 0 Å². The summed E-state index contributed by atoms with van der Waals surface area (Å²) in [7, 11) is -0.684. The summed E-state index contributed by atoms with van der Waals surface area (Å²) in [6, 6.07) is 0. The first-order chi connectivity index (χ1) is 6.18. The van der Waals surface area contributed by atoms with Gasteiger partial charge in [-0.3, -0.25) is 0 Å². The molecule has 0 spiro atoms. The van der Waals surface area contributed by atoms with Crippen LogP contribution in [0.25, 0.3) is 0 Å². The second-order valence-electron chi connectivity index (χ2n) is 2.84. The third-order valence-electron chi connectivity index (χ3n) is 1.74. The Morgan fingerprint density at radius 3 is 2.38 bits per heavy atom. The summed E-state index contributed by atoms with van der Waals surface area (Å²) in [5, 5.41) is 0. The van der Waals surface area contributed by atoms with Gasteiger partial charge in [-0.25, -0.2) is 0 Å². The van der Waals surface area contributed by atoms with Crippen LogP contribution in [0.4, 0.5) is 0 Å². The van der Waals surface area contributed by atoms with Crippen LogP contribution in [0.15, 0.2) is 0 Å². The van der Waals surface area contributed by atoms with Crippen LogP contribution >= 0.6 is 0 Å². The van der Waals surface area contributed by atoms with E-state index in [1.807, 2.05) is 13.5 Å². The SMILES string of the molecule is CCO[Si](C)(OC)OCCCCN. The second kappa shape index (κ2) is 7.46. The van der Waals surface area contributed by atoms with Crippen molar-refractivity contribution in [3.05, 3.63) is 0 Å². The molecule has 0 aromatic carbocycles. The molecule has 0 saturated carbocycles. The van der Waals surface area contributed by atoms with Crippen LogP contribution in [0, 0.1) is 0 Å². The van der Waals surface area contributed by atoms with Crippen molar-refractivity contribution in [1.82, 2.24) is 0 Å². The van der Waals surface area contributed by atoms with Gasteiger partial charge in [0.1, 0.15) is 0 Å². The molecule has 0 aliphatic carbocycles. The zero-order chi connectivity index (χ0) is 10.2. The number of nitrogens with two attached hydrogens (primary N) is 1. The molecule has 0 rings (SSSR count). The first-order valence-corrected chi connectivity index (χ1v) is 6.94. The Labute approximate surface area is 81.7 Å². The van der Waals surface area contributed by atoms with E-state index in [4.69, 9.17) is 19.0 Å². The van der Waals surface area contributed by atoms with E-state index in [0.717, 1.165) is 12.8 Å². The van der Waals surface area contributed by atoms with E-state index in [1.54, 1.807) is 7.11 Å². The summed E-state index contributed by atoms with van der Waals surface area (Å²) in [6.07, 6.45) is 1.95. The van der Waals surface area contributed by atoms with Gasteiger partial charge in [0.2, 0.25) is 0 Å². The molecule has 0 aliphatic rings. The molecule has 4 nitrogen and oxygen atoms in total. The predicted octanol–water partition coefficient (Wildman–Crippen LogP) is 0.993. The number of hydrogen-bond acceptors (Lipinski definition) is 4. The van der Waals surface area contributed by atoms with Crippen molar-refractivity contribution in [3.8, 4) is 0 Å². The zero-order valence-corrected chi connectivity index (χ0v) is 9.84. The van der Waals surface area contributed by atoms with Crippen molar-refractivity contribution in [1.29, 1.82) is 0 Å². The van der Waals surface area contributed by atoms with Gasteiger partial charge in [0, 0.05) is 26.9 Å². The summed E-state index contributed by atoms with van der Waals surface area (Å²) in [6.45, 7) is 5.86. The third-order valence-corrected chi connectivity index (χ3v) is 4.02. The lowest BCUT2D eigenvalue weighted by Gasteiger charge is -2.23. The number of hydrogen-bond donors (Lipinski definition) is 1. The Hall–Kier alpha value is 0.0569. The number of rotatable bonds is 8. The maximum Gasteiger partial charge on any atom is 0.497 e. The van der Waals surface area contributed by atoms with Gasteiger partial charge in [0.25, 0.3) is 0 Å². The molecule has 0 bridgehead atoms. The highest BCUT2D eigenvalue weighted by Gasteiger charge is 2.32. The second-order valence-corrected chi connectivity index (χ2v) is 5.55. The lowest BCUT2D eigenvalue weighted by atomic mass is 10.3. The Morgan fingerprint density at radius 1 is 1.23 bits per heavy atom. The summed E-state index contributed by atoms with van der Waals surface area (Å²) in [5.41, 5.74) is 5.36. The van der Waals surface area contributed by atoms with Crippen LogP contribution in [-0.2, 0) is 13.3 Å². The Bertz CT molecular complexity index is 126. The van der Waals surface area contributed by atoms with E-state index >= 15 is 0 Å². The molecule has 0 heterocycles. The molecule has 13 heavy (non-hydrogen) atoms. The topological polar surface area (TPSA) is 53.7 Å². The minimum Gasteiger partial charge on any atom is -0.377 e. The quantitative estimate of drug-likeness (QED) is 0.476. The normalized spacial score (nSPS) is 15.7. The van der Waals surface area contributed by atoms with Crippen LogP contribution in [0.5, 0.6) is 0 Å². The predicted molar refractivity (Wildman–Crippen MR) is 54.5 cm³/mol. The molecule has 1 unspecified atom stereocenters. The monoisotopic (exact) mass is 207 g/mol. The van der Waals surface area contributed by atoms with Gasteiger partial charge in [-0.15, -0.1) is 0 Å². The van der Waals surface area contributed by atoms with Gasteiger partial charge < -0.3 is 19.0 Å². The van der Waals surface area contributed by atoms with Crippen LogP contribution in [0.3, 0.4) is 0 Å². The molecular formula is C8H21NO3Si. The summed E-state index contributed by atoms with van der Waals surface area (Å²) >= 11 is 0. The summed E-state index contributed by atoms with van der Waals surface area (Å²) in [5.74, 6) is 0. The fourth-order valence-electron chi connectivity index (χ4n) is 0.926. The van der Waals surface area contributed by atoms with Crippen molar-refractivity contribution in [2.45, 2.75) is 26.3 Å². The fourth-order valence-corrected chi connectivity index (χ4v) is 2.28. The first kappa shape index (κ1) is 13.1. The van der Waals surface area contributed by atoms with Crippen LogP contribution in [-0.4, -0.2) is 35.7 Å². The highest BCUT2D eigenvalue weighted by atomic mass is 28.4. The van der Waals surface area contributed by atoms with Crippen molar-refractivity contribution >= 4 is 8.80 Å². The molecule has 2 N–H and O–H groups in total. The van der Waals surface area contributed by atoms with Gasteiger partial charge in [-0.1, -0.05) is 0 Å². The zero-order valence-electron chi connectivity index (χ0n) is 8.84. The van der Waals surface area contributed by atoms with Crippen LogP contribution in [0.1, 0.15) is 19.8 Å². The van der Waals surface area contributed by atoms with E-state index in [-0.39, 0.29) is 0 Å². The first-order valence-electron chi connectivity index (χ1n) is 4.71. The highest BCUT2D eigenvalue weighted by molar-refractivity contribution is 6.59. The van der Waals surface area contributed by atoms with Gasteiger partial charge in [-0.2, -0.15) is 0 Å². The molecule has 0 aromatic rings. The lowest BCUT2D eigenvalue weighted by Crippen LogP contribution is -2.41. The van der Waals surface area contributed by atoms with Gasteiger partial charge in [0.15, 0.2) is 0 Å². The minimum absolute atomic E-state index is 0.632. The fraction of sp³-hybridized carbons (Fsp3) is 1.00. The Morgan fingerprint density at radius 2 is 1.92 bits per heavy atom. The Balaban J connectivity index is 3.57. The smallest absolute Gasteiger partial charge is 0.377 e. The highest BCUT2D eigenvalue weighted by Crippen LogP contribution is 2.08. The van der Waals surface area contributed by atoms with Crippen LogP contribution < -0.4 is 5.73 Å². The van der Waals surface area contributed by atoms with Crippen molar-refractivity contribution < 1.29 is 13.3 Å². The van der Waals surface area contributed by atoms with Crippen molar-refractivity contribution in [3.63, 3.8) is 0 Å². The summed E-state index contributed by atoms with van der Waals surface area (Å²) in [4.78, 5) is 0. The van der Waals surface area contributed by atoms with E-state index in [1.165, 1.54) is 0 Å². The van der Waals surface area contributed by atoms with Crippen molar-refractivity contribution in [2.75, 3.05) is 26.9 Å². The molecular weight excluding hydrogens is 186 g/mol. The molecule has 0 fully saturated rings. The molecule has 1 atom stereocenters. The van der Waals surface area contributed by atoms with E-state index in [0.29, 0.717) is 19.8 Å². The van der Waals surface area contributed by atoms with E-state index in [2.05, 4.69) is 0 Å². The molecule has 0 aromatic heterocycles. The molecule has 5 heteroatoms. The largest absolute Gasteiger partial charge is 0.497 e. The summed E-state index contributed by atoms with van der Waals surface area (Å²) < 4.78 is 16.2. The van der Waals surface area contributed by atoms with Gasteiger partial charge in [-0.05, 0) is 26.3 Å². The lowest BCUT2D eigenvalue weighted by molar-refractivity contribution is 0.0876. The van der Waals surface area contributed by atoms with Gasteiger partial charge in [0.05, 0.1) is 0 Å². The number of unbranched alkanes of at least 4 members (excludes halogenated alkanes) is 1. The molecule has 0 radical (unpaired) electrons. The van der Waals surface area contributed by atoms with Crippen LogP contribution in [0.2, 0.25) is 6.55 Å². The maximum atomic E-state index is 5.56. The standard InChI is InChI=1S/C8H21NO3Si/c1-4-11-13(3,10-2)12-8-6-5-7-9/h4-9H2,1-3H3. The molecule has 0 saturated heterocycles. The molecule has 0 aliphatic heterocycles.